The van der Waals surface area contributed by atoms with Gasteiger partial charge in [-0.1, -0.05) is 0 Å². The second-order valence-electron chi connectivity index (χ2n) is 1.23. The van der Waals surface area contributed by atoms with E-state index >= 15 is 0 Å². The molecule has 0 bridgehead atoms. The summed E-state index contributed by atoms with van der Waals surface area (Å²) in [5.41, 5.74) is 0. The molecule has 0 aromatic rings. The van der Waals surface area contributed by atoms with Crippen LogP contribution in [0.3, 0.4) is 0 Å². The molecule has 0 atom stereocenters. The molecule has 0 N–H and O–H groups in total. The quantitative estimate of drug-likeness (QED) is 0.375. The SMILES string of the molecule is COCN(C)OC. The van der Waals surface area contributed by atoms with E-state index in [4.69, 9.17) is 9.57 Å². The smallest absolute Gasteiger partial charge is 0.121 e. The first-order valence-corrected chi connectivity index (χ1v) is 2.05. The van der Waals surface area contributed by atoms with Crippen LogP contribution in [0.15, 0.2) is 0 Å². The maximum absolute atomic E-state index is 4.70. The lowest BCUT2D eigenvalue weighted by molar-refractivity contribution is -0.162. The van der Waals surface area contributed by atoms with Crippen molar-refractivity contribution < 1.29 is 9.57 Å². The van der Waals surface area contributed by atoms with Crippen LogP contribution in [0.25, 0.3) is 0 Å². The van der Waals surface area contributed by atoms with Gasteiger partial charge in [0.25, 0.3) is 0 Å². The highest BCUT2D eigenvalue weighted by atomic mass is 16.7. The molecule has 0 aliphatic carbocycles. The van der Waals surface area contributed by atoms with Crippen molar-refractivity contribution in [2.75, 3.05) is 28.0 Å². The molecule has 0 aromatic heterocycles. The van der Waals surface area contributed by atoms with E-state index in [1.807, 2.05) is 0 Å². The second kappa shape index (κ2) is 4.05. The highest BCUT2D eigenvalue weighted by Gasteiger charge is 1.87. The zero-order valence-corrected chi connectivity index (χ0v) is 4.97. The lowest BCUT2D eigenvalue weighted by Gasteiger charge is -2.09. The summed E-state index contributed by atoms with van der Waals surface area (Å²) in [4.78, 5) is 4.70. The van der Waals surface area contributed by atoms with E-state index in [2.05, 4.69) is 0 Å². The predicted molar refractivity (Wildman–Crippen MR) is 26.6 cm³/mol. The Morgan fingerprint density at radius 1 is 1.43 bits per heavy atom. The molecule has 0 heterocycles. The Labute approximate surface area is 43.8 Å². The van der Waals surface area contributed by atoms with Gasteiger partial charge in [0, 0.05) is 14.2 Å². The lowest BCUT2D eigenvalue weighted by Crippen LogP contribution is -2.18. The minimum Gasteiger partial charge on any atom is -0.367 e. The summed E-state index contributed by atoms with van der Waals surface area (Å²) in [7, 11) is 5.01. The number of nitrogens with zero attached hydrogens (tertiary/aromatic N) is 1. The zero-order valence-electron chi connectivity index (χ0n) is 4.97. The lowest BCUT2D eigenvalue weighted by atomic mass is 11.1. The monoisotopic (exact) mass is 105 g/mol. The van der Waals surface area contributed by atoms with Crippen LogP contribution in [-0.4, -0.2) is 33.1 Å². The van der Waals surface area contributed by atoms with Crippen molar-refractivity contribution >= 4 is 0 Å². The van der Waals surface area contributed by atoms with E-state index in [9.17, 15) is 0 Å². The van der Waals surface area contributed by atoms with E-state index in [0.29, 0.717) is 6.73 Å². The molecule has 0 saturated heterocycles. The van der Waals surface area contributed by atoms with Crippen LogP contribution >= 0.6 is 0 Å². The van der Waals surface area contributed by atoms with Crippen LogP contribution in [0.4, 0.5) is 0 Å². The Balaban J connectivity index is 2.83. The number of rotatable bonds is 3. The van der Waals surface area contributed by atoms with Crippen LogP contribution < -0.4 is 0 Å². The zero-order chi connectivity index (χ0) is 5.70. The number of hydroxylamine groups is 2. The summed E-state index contributed by atoms with van der Waals surface area (Å²) in [5, 5.41) is 1.58. The van der Waals surface area contributed by atoms with Gasteiger partial charge >= 0.3 is 0 Å². The Morgan fingerprint density at radius 2 is 2.00 bits per heavy atom. The van der Waals surface area contributed by atoms with E-state index in [1.54, 1.807) is 26.3 Å². The summed E-state index contributed by atoms with van der Waals surface area (Å²) in [6.45, 7) is 0.510. The van der Waals surface area contributed by atoms with E-state index in [-0.39, 0.29) is 0 Å². The summed E-state index contributed by atoms with van der Waals surface area (Å²) >= 11 is 0. The molecule has 0 radical (unpaired) electrons. The summed E-state index contributed by atoms with van der Waals surface area (Å²) in [6, 6.07) is 0. The summed E-state index contributed by atoms with van der Waals surface area (Å²) < 4.78 is 4.70. The number of hydrogen-bond acceptors (Lipinski definition) is 3. The van der Waals surface area contributed by atoms with E-state index in [1.165, 1.54) is 0 Å². The fourth-order valence-corrected chi connectivity index (χ4v) is 0.235. The molecule has 0 aliphatic heterocycles. The molecule has 0 unspecified atom stereocenters. The molecule has 0 fully saturated rings. The van der Waals surface area contributed by atoms with E-state index in [0.717, 1.165) is 0 Å². The molecule has 0 rings (SSSR count). The van der Waals surface area contributed by atoms with Crippen LogP contribution in [-0.2, 0) is 9.57 Å². The van der Waals surface area contributed by atoms with Gasteiger partial charge < -0.3 is 9.57 Å². The number of ether oxygens (including phenoxy) is 1. The number of methoxy groups -OCH3 is 1. The fourth-order valence-electron chi connectivity index (χ4n) is 0.235. The molecule has 0 aromatic carbocycles. The van der Waals surface area contributed by atoms with Gasteiger partial charge in [-0.3, -0.25) is 0 Å². The summed E-state index contributed by atoms with van der Waals surface area (Å²) in [5.74, 6) is 0. The Hall–Kier alpha value is -0.120. The average molecular weight is 105 g/mol. The minimum absolute atomic E-state index is 0.510. The van der Waals surface area contributed by atoms with Gasteiger partial charge in [0.2, 0.25) is 0 Å². The summed E-state index contributed by atoms with van der Waals surface area (Å²) in [6.07, 6.45) is 0. The van der Waals surface area contributed by atoms with Crippen molar-refractivity contribution in [2.24, 2.45) is 0 Å². The molecule has 0 amide bonds. The standard InChI is InChI=1S/C4H11NO2/c1-5(7-3)4-6-2/h4H2,1-3H3. The van der Waals surface area contributed by atoms with Gasteiger partial charge in [-0.2, -0.15) is 5.06 Å². The van der Waals surface area contributed by atoms with Crippen LogP contribution in [0.1, 0.15) is 0 Å². The topological polar surface area (TPSA) is 21.7 Å². The normalized spacial score (nSPS) is 10.3. The van der Waals surface area contributed by atoms with Crippen LogP contribution in [0.5, 0.6) is 0 Å². The predicted octanol–water partition coefficient (Wildman–Crippen LogP) is 0.0835. The largest absolute Gasteiger partial charge is 0.367 e. The van der Waals surface area contributed by atoms with Gasteiger partial charge in [0.15, 0.2) is 0 Å². The molecule has 0 saturated carbocycles. The highest BCUT2D eigenvalue weighted by Crippen LogP contribution is 1.77. The minimum atomic E-state index is 0.510. The highest BCUT2D eigenvalue weighted by molar-refractivity contribution is 4.11. The van der Waals surface area contributed by atoms with Crippen LogP contribution in [0, 0.1) is 0 Å². The van der Waals surface area contributed by atoms with Gasteiger partial charge in [-0.15, -0.1) is 0 Å². The van der Waals surface area contributed by atoms with Crippen LogP contribution in [0.2, 0.25) is 0 Å². The molecule has 7 heavy (non-hydrogen) atoms. The van der Waals surface area contributed by atoms with Gasteiger partial charge in [0.05, 0.1) is 7.11 Å². The van der Waals surface area contributed by atoms with Crippen molar-refractivity contribution in [1.29, 1.82) is 0 Å². The van der Waals surface area contributed by atoms with Crippen molar-refractivity contribution in [1.82, 2.24) is 5.06 Å². The average Bonchev–Trinajstić information content (AvgIpc) is 1.68. The molecular weight excluding hydrogens is 94.0 g/mol. The fraction of sp³-hybridized carbons (Fsp3) is 1.00. The molecule has 0 spiro atoms. The van der Waals surface area contributed by atoms with Crippen molar-refractivity contribution in [2.45, 2.75) is 0 Å². The first-order valence-electron chi connectivity index (χ1n) is 2.05. The Kier molecular flexibility index (Phi) is 3.98. The third-order valence-electron chi connectivity index (χ3n) is 0.623. The molecule has 3 heteroatoms. The second-order valence-corrected chi connectivity index (χ2v) is 1.23. The van der Waals surface area contributed by atoms with Crippen molar-refractivity contribution in [3.05, 3.63) is 0 Å². The third-order valence-corrected chi connectivity index (χ3v) is 0.623. The molecule has 3 nitrogen and oxygen atoms in total. The van der Waals surface area contributed by atoms with Gasteiger partial charge in [-0.05, 0) is 0 Å². The Bertz CT molecular complexity index is 40.7. The van der Waals surface area contributed by atoms with Crippen molar-refractivity contribution in [3.8, 4) is 0 Å². The van der Waals surface area contributed by atoms with Crippen molar-refractivity contribution in [3.63, 3.8) is 0 Å². The maximum Gasteiger partial charge on any atom is 0.121 e. The third kappa shape index (κ3) is 3.72. The molecular formula is C4H11NO2. The Morgan fingerprint density at radius 3 is 2.14 bits per heavy atom. The first-order chi connectivity index (χ1) is 3.31. The van der Waals surface area contributed by atoms with Gasteiger partial charge in [0.1, 0.15) is 6.73 Å². The maximum atomic E-state index is 4.70. The molecule has 0 aliphatic rings. The van der Waals surface area contributed by atoms with E-state index < -0.39 is 0 Å². The van der Waals surface area contributed by atoms with Gasteiger partial charge in [-0.25, -0.2) is 0 Å². The number of hydrogen-bond donors (Lipinski definition) is 0. The first kappa shape index (κ1) is 6.88. The molecule has 44 valence electrons.